The second-order valence-corrected chi connectivity index (χ2v) is 8.08. The van der Waals surface area contributed by atoms with Gasteiger partial charge < -0.3 is 10.5 Å². The minimum absolute atomic E-state index is 0.0190. The summed E-state index contributed by atoms with van der Waals surface area (Å²) in [7, 11) is 12.6. The van der Waals surface area contributed by atoms with Gasteiger partial charge in [0.2, 0.25) is 0 Å². The second kappa shape index (κ2) is 5.96. The van der Waals surface area contributed by atoms with E-state index in [1.807, 2.05) is 24.3 Å². The molecule has 22 heavy (non-hydrogen) atoms. The van der Waals surface area contributed by atoms with E-state index in [9.17, 15) is 0 Å². The van der Waals surface area contributed by atoms with E-state index in [1.54, 1.807) is 0 Å². The van der Waals surface area contributed by atoms with Gasteiger partial charge in [-0.15, -0.1) is 0 Å². The molecule has 2 nitrogen and oxygen atoms in total. The molecule has 2 rings (SSSR count). The van der Waals surface area contributed by atoms with E-state index >= 15 is 0 Å². The third kappa shape index (κ3) is 3.53. The summed E-state index contributed by atoms with van der Waals surface area (Å²) in [4.78, 5) is 0. The number of benzene rings is 1. The van der Waals surface area contributed by atoms with Crippen LogP contribution in [0.2, 0.25) is 0 Å². The molecular weight excluding hydrogens is 268 g/mol. The maximum atomic E-state index is 6.29. The average molecular weight is 295 g/mol. The molecule has 1 aromatic carbocycles. The molecule has 2 N–H and O–H groups in total. The molecule has 116 valence electrons. The molecule has 1 atom stereocenters. The van der Waals surface area contributed by atoms with Gasteiger partial charge in [-0.25, -0.2) is 0 Å². The van der Waals surface area contributed by atoms with E-state index in [4.69, 9.17) is 26.2 Å². The monoisotopic (exact) mass is 295 g/mol. The Balaban J connectivity index is 2.11. The Kier molecular flexibility index (Phi) is 4.73. The zero-order valence-corrected chi connectivity index (χ0v) is 14.4. The van der Waals surface area contributed by atoms with Crippen molar-refractivity contribution >= 4 is 15.7 Å². The minimum Gasteiger partial charge on any atom is -0.506 e. The van der Waals surface area contributed by atoms with Crippen LogP contribution in [0.5, 0.6) is 5.75 Å². The van der Waals surface area contributed by atoms with Crippen molar-refractivity contribution < 1.29 is 4.74 Å². The van der Waals surface area contributed by atoms with Crippen LogP contribution in [-0.2, 0) is 0 Å². The zero-order chi connectivity index (χ0) is 16.6. The molecule has 0 amide bonds. The molecule has 0 spiro atoms. The van der Waals surface area contributed by atoms with E-state index in [0.29, 0.717) is 5.75 Å². The molecule has 0 aromatic heterocycles. The summed E-state index contributed by atoms with van der Waals surface area (Å²) in [5.74, 6) is 0.697. The summed E-state index contributed by atoms with van der Waals surface area (Å²) in [6.07, 6.45) is 4.34. The molecule has 4 radical (unpaired) electrons. The smallest absolute Gasteiger partial charge is 0.117 e. The van der Waals surface area contributed by atoms with E-state index in [-0.39, 0.29) is 16.9 Å². The van der Waals surface area contributed by atoms with Crippen LogP contribution in [0.15, 0.2) is 24.3 Å². The van der Waals surface area contributed by atoms with E-state index in [1.165, 1.54) is 0 Å². The molecule has 4 heteroatoms. The first-order chi connectivity index (χ1) is 10.1. The lowest BCUT2D eigenvalue weighted by molar-refractivity contribution is 0.0930. The van der Waals surface area contributed by atoms with Crippen LogP contribution >= 0.6 is 0 Å². The lowest BCUT2D eigenvalue weighted by atomic mass is 9.50. The van der Waals surface area contributed by atoms with Gasteiger partial charge in [0.1, 0.15) is 21.4 Å². The van der Waals surface area contributed by atoms with Gasteiger partial charge >= 0.3 is 0 Å². The lowest BCUT2D eigenvalue weighted by Gasteiger charge is -2.43. The summed E-state index contributed by atoms with van der Waals surface area (Å²) in [6.45, 7) is 8.51. The highest BCUT2D eigenvalue weighted by molar-refractivity contribution is 6.39. The lowest BCUT2D eigenvalue weighted by Crippen LogP contribution is -2.51. The van der Waals surface area contributed by atoms with Gasteiger partial charge in [-0.3, -0.25) is 0 Å². The van der Waals surface area contributed by atoms with Crippen LogP contribution in [-0.4, -0.2) is 21.1 Å². The van der Waals surface area contributed by atoms with Gasteiger partial charge in [0.05, 0.1) is 0 Å². The van der Waals surface area contributed by atoms with Gasteiger partial charge in [0.25, 0.3) is 0 Å². The van der Waals surface area contributed by atoms with Crippen molar-refractivity contribution in [2.75, 3.05) is 0 Å². The molecule has 0 aliphatic heterocycles. The largest absolute Gasteiger partial charge is 0.506 e. The van der Waals surface area contributed by atoms with Crippen LogP contribution in [0.25, 0.3) is 0 Å². The Morgan fingerprint density at radius 2 is 1.59 bits per heavy atom. The van der Waals surface area contributed by atoms with Crippen LogP contribution in [0.3, 0.4) is 0 Å². The first-order valence-electron chi connectivity index (χ1n) is 8.17. The van der Waals surface area contributed by atoms with Crippen LogP contribution in [0.1, 0.15) is 65.0 Å². The summed E-state index contributed by atoms with van der Waals surface area (Å²) in [5.41, 5.74) is 7.22. The molecule has 1 saturated carbocycles. The maximum absolute atomic E-state index is 6.29. The molecule has 1 aliphatic carbocycles. The van der Waals surface area contributed by atoms with Crippen molar-refractivity contribution in [2.24, 2.45) is 16.6 Å². The van der Waals surface area contributed by atoms with E-state index < -0.39 is 5.40 Å². The minimum atomic E-state index is -1.14. The standard InChI is InChI=1S/C18H27B2NO/c1-16(2,3)15(21)13-7-9-14(10-8-13)22-18(19,20)17(4)11-5-6-12-17/h7-10,15H,5-6,11-12,21H2,1-4H3. The van der Waals surface area contributed by atoms with Crippen molar-refractivity contribution in [2.45, 2.75) is 64.8 Å². The maximum Gasteiger partial charge on any atom is 0.117 e. The molecule has 1 aromatic rings. The highest BCUT2D eigenvalue weighted by Crippen LogP contribution is 2.45. The van der Waals surface area contributed by atoms with Crippen molar-refractivity contribution in [1.29, 1.82) is 0 Å². The molecule has 0 saturated heterocycles. The van der Waals surface area contributed by atoms with Gasteiger partial charge in [-0.2, -0.15) is 0 Å². The molecule has 1 fully saturated rings. The Labute approximate surface area is 138 Å². The van der Waals surface area contributed by atoms with E-state index in [0.717, 1.165) is 31.2 Å². The number of nitrogens with two attached hydrogens (primary N) is 1. The quantitative estimate of drug-likeness (QED) is 0.860. The molecule has 1 unspecified atom stereocenters. The Hall–Kier alpha value is -0.890. The molecule has 0 bridgehead atoms. The first kappa shape index (κ1) is 17.5. The van der Waals surface area contributed by atoms with Crippen molar-refractivity contribution in [1.82, 2.24) is 0 Å². The summed E-state index contributed by atoms with van der Waals surface area (Å²) in [5, 5.41) is -1.14. The Morgan fingerprint density at radius 3 is 2.05 bits per heavy atom. The number of hydrogen-bond acceptors (Lipinski definition) is 2. The Morgan fingerprint density at radius 1 is 1.09 bits per heavy atom. The fourth-order valence-electron chi connectivity index (χ4n) is 3.11. The van der Waals surface area contributed by atoms with Gasteiger partial charge in [-0.1, -0.05) is 52.7 Å². The average Bonchev–Trinajstić information content (AvgIpc) is 2.86. The third-order valence-electron chi connectivity index (χ3n) is 5.11. The molecular formula is C18H27B2NO. The van der Waals surface area contributed by atoms with Crippen LogP contribution < -0.4 is 10.5 Å². The Bertz CT molecular complexity index is 499. The predicted molar refractivity (Wildman–Crippen MR) is 94.3 cm³/mol. The molecule has 0 heterocycles. The van der Waals surface area contributed by atoms with E-state index in [2.05, 4.69) is 27.7 Å². The van der Waals surface area contributed by atoms with Crippen molar-refractivity contribution in [3.8, 4) is 5.75 Å². The SMILES string of the molecule is [B]C([B])(Oc1ccc(C(N)C(C)(C)C)cc1)C1(C)CCCC1. The van der Waals surface area contributed by atoms with Crippen LogP contribution in [0, 0.1) is 10.8 Å². The topological polar surface area (TPSA) is 35.2 Å². The summed E-state index contributed by atoms with van der Waals surface area (Å²) < 4.78 is 5.92. The van der Waals surface area contributed by atoms with Gasteiger partial charge in [0, 0.05) is 11.4 Å². The fourth-order valence-corrected chi connectivity index (χ4v) is 3.11. The zero-order valence-electron chi connectivity index (χ0n) is 14.4. The fraction of sp³-hybridized carbons (Fsp3) is 0.667. The third-order valence-corrected chi connectivity index (χ3v) is 5.11. The van der Waals surface area contributed by atoms with Gasteiger partial charge in [-0.05, 0) is 41.4 Å². The highest BCUT2D eigenvalue weighted by Gasteiger charge is 2.43. The number of hydrogen-bond donors (Lipinski definition) is 1. The van der Waals surface area contributed by atoms with Gasteiger partial charge in [0.15, 0.2) is 0 Å². The predicted octanol–water partition coefficient (Wildman–Crippen LogP) is 3.68. The van der Waals surface area contributed by atoms with Crippen LogP contribution in [0.4, 0.5) is 0 Å². The number of ether oxygens (including phenoxy) is 1. The number of rotatable bonds is 4. The normalized spacial score (nSPS) is 19.9. The highest BCUT2D eigenvalue weighted by atomic mass is 16.5. The first-order valence-corrected chi connectivity index (χ1v) is 8.17. The summed E-state index contributed by atoms with van der Waals surface area (Å²) >= 11 is 0. The molecule has 1 aliphatic rings. The second-order valence-electron chi connectivity index (χ2n) is 8.08. The van der Waals surface area contributed by atoms with Crippen molar-refractivity contribution in [3.63, 3.8) is 0 Å². The van der Waals surface area contributed by atoms with Crippen molar-refractivity contribution in [3.05, 3.63) is 29.8 Å². The summed E-state index contributed by atoms with van der Waals surface area (Å²) in [6, 6.07) is 7.80.